The van der Waals surface area contributed by atoms with E-state index < -0.39 is 10.9 Å². The van der Waals surface area contributed by atoms with Crippen molar-refractivity contribution in [3.05, 3.63) is 106 Å². The molecule has 4 rings (SSSR count). The fourth-order valence-electron chi connectivity index (χ4n) is 3.24. The van der Waals surface area contributed by atoms with Gasteiger partial charge in [-0.1, -0.05) is 66.7 Å². The fraction of sp³-hybridized carbons (Fsp3) is 0.0800. The van der Waals surface area contributed by atoms with Gasteiger partial charge < -0.3 is 4.74 Å². The average molecular weight is 425 g/mol. The van der Waals surface area contributed by atoms with E-state index >= 15 is 0 Å². The van der Waals surface area contributed by atoms with Gasteiger partial charge in [-0.3, -0.25) is 10.1 Å². The summed E-state index contributed by atoms with van der Waals surface area (Å²) in [4.78, 5) is 32.6. The van der Waals surface area contributed by atoms with Gasteiger partial charge in [-0.15, -0.1) is 0 Å². The highest BCUT2D eigenvalue weighted by atomic mass is 16.6. The van der Waals surface area contributed by atoms with E-state index in [1.165, 1.54) is 18.2 Å². The molecule has 0 spiro atoms. The number of aromatic nitrogens is 2. The molecule has 4 aromatic rings. The molecule has 0 aliphatic carbocycles. The Bertz CT molecular complexity index is 1320. The first-order valence-electron chi connectivity index (χ1n) is 9.95. The number of benzene rings is 3. The molecule has 3 aromatic carbocycles. The summed E-state index contributed by atoms with van der Waals surface area (Å²) in [5.74, 6) is -0.651. The van der Waals surface area contributed by atoms with Crippen LogP contribution in [0.25, 0.3) is 28.4 Å². The van der Waals surface area contributed by atoms with Crippen LogP contribution in [0.4, 0.5) is 5.69 Å². The molecule has 0 saturated heterocycles. The fourth-order valence-corrected chi connectivity index (χ4v) is 3.24. The first kappa shape index (κ1) is 20.9. The summed E-state index contributed by atoms with van der Waals surface area (Å²) in [6, 6.07) is 21.0. The number of hydrogen-bond donors (Lipinski definition) is 0. The quantitative estimate of drug-likeness (QED) is 0.227. The highest BCUT2D eigenvalue weighted by molar-refractivity contribution is 5.97. The Labute approximate surface area is 184 Å². The number of carbonyl (C=O) groups is 1. The van der Waals surface area contributed by atoms with Crippen LogP contribution >= 0.6 is 0 Å². The third-order valence-corrected chi connectivity index (χ3v) is 4.81. The Morgan fingerprint density at radius 1 is 1.00 bits per heavy atom. The maximum atomic E-state index is 13.0. The van der Waals surface area contributed by atoms with Gasteiger partial charge in [0.2, 0.25) is 0 Å². The monoisotopic (exact) mass is 425 g/mol. The average Bonchev–Trinajstić information content (AvgIpc) is 2.82. The van der Waals surface area contributed by atoms with Gasteiger partial charge in [-0.05, 0) is 24.1 Å². The number of ether oxygens (including phenoxy) is 1. The van der Waals surface area contributed by atoms with Gasteiger partial charge in [-0.25, -0.2) is 14.8 Å². The maximum absolute atomic E-state index is 13.0. The first-order valence-corrected chi connectivity index (χ1v) is 9.95. The number of carbonyl (C=O) groups excluding carboxylic acids is 1. The van der Waals surface area contributed by atoms with Gasteiger partial charge >= 0.3 is 5.97 Å². The lowest BCUT2D eigenvalue weighted by Gasteiger charge is -2.11. The zero-order valence-electron chi connectivity index (χ0n) is 17.3. The van der Waals surface area contributed by atoms with E-state index in [0.29, 0.717) is 16.8 Å². The lowest BCUT2D eigenvalue weighted by Crippen LogP contribution is -2.11. The minimum atomic E-state index is -0.651. The molecule has 0 fully saturated rings. The largest absolute Gasteiger partial charge is 0.456 e. The van der Waals surface area contributed by atoms with E-state index in [2.05, 4.69) is 9.97 Å². The third kappa shape index (κ3) is 4.52. The highest BCUT2D eigenvalue weighted by Crippen LogP contribution is 2.27. The van der Waals surface area contributed by atoms with Crippen LogP contribution in [-0.4, -0.2) is 20.9 Å². The second-order valence-electron chi connectivity index (χ2n) is 7.03. The number of nitrogens with zero attached hydrogens (tertiary/aromatic N) is 3. The molecule has 7 heteroatoms. The van der Waals surface area contributed by atoms with Crippen LogP contribution in [0, 0.1) is 10.1 Å². The number of esters is 1. The number of rotatable bonds is 6. The van der Waals surface area contributed by atoms with Crippen molar-refractivity contribution < 1.29 is 14.5 Å². The van der Waals surface area contributed by atoms with Crippen molar-refractivity contribution in [1.82, 2.24) is 9.97 Å². The van der Waals surface area contributed by atoms with Gasteiger partial charge in [0.05, 0.1) is 16.0 Å². The van der Waals surface area contributed by atoms with Crippen LogP contribution < -0.4 is 0 Å². The Balaban J connectivity index is 1.77. The van der Waals surface area contributed by atoms with Crippen molar-refractivity contribution in [1.29, 1.82) is 0 Å². The summed E-state index contributed by atoms with van der Waals surface area (Å²) in [6.07, 6.45) is 3.90. The van der Waals surface area contributed by atoms with Crippen molar-refractivity contribution in [3.63, 3.8) is 0 Å². The molecule has 0 bridgehead atoms. The summed E-state index contributed by atoms with van der Waals surface area (Å²) >= 11 is 0. The normalized spacial score (nSPS) is 11.0. The van der Waals surface area contributed by atoms with Crippen molar-refractivity contribution in [2.45, 2.75) is 13.5 Å². The van der Waals surface area contributed by atoms with Crippen LogP contribution in [0.5, 0.6) is 0 Å². The zero-order valence-corrected chi connectivity index (χ0v) is 17.3. The highest BCUT2D eigenvalue weighted by Gasteiger charge is 2.21. The van der Waals surface area contributed by atoms with Crippen LogP contribution in [-0.2, 0) is 11.3 Å². The standard InChI is InChI=1S/C25H19N3O4/c1-2-6-17-9-11-19(12-10-17)23-24(25(29)32-16-18-7-4-3-5-8-18)27-22-15-20(28(30)31)13-14-21(22)26-23/h2-15H,16H2,1H3/b6-2+. The second kappa shape index (κ2) is 9.18. The van der Waals surface area contributed by atoms with Crippen molar-refractivity contribution in [3.8, 4) is 11.3 Å². The minimum absolute atomic E-state index is 0.00714. The summed E-state index contributed by atoms with van der Waals surface area (Å²) in [5.41, 5.74) is 3.47. The minimum Gasteiger partial charge on any atom is -0.456 e. The Kier molecular flexibility index (Phi) is 5.98. The number of nitro benzene ring substituents is 1. The molecular weight excluding hydrogens is 406 g/mol. The van der Waals surface area contributed by atoms with Crippen LogP contribution in [0.2, 0.25) is 0 Å². The molecule has 1 heterocycles. The van der Waals surface area contributed by atoms with E-state index in [4.69, 9.17) is 4.74 Å². The zero-order chi connectivity index (χ0) is 22.5. The molecule has 32 heavy (non-hydrogen) atoms. The van der Waals surface area contributed by atoms with Crippen LogP contribution in [0.3, 0.4) is 0 Å². The topological polar surface area (TPSA) is 95.2 Å². The Hall–Kier alpha value is -4.39. The molecule has 0 aliphatic rings. The molecule has 1 aromatic heterocycles. The molecule has 0 radical (unpaired) electrons. The number of non-ortho nitro benzene ring substituents is 1. The predicted molar refractivity (Wildman–Crippen MR) is 122 cm³/mol. The molecule has 0 atom stereocenters. The lowest BCUT2D eigenvalue weighted by atomic mass is 10.1. The van der Waals surface area contributed by atoms with Gasteiger partial charge in [0.25, 0.3) is 5.69 Å². The predicted octanol–water partition coefficient (Wildman–Crippen LogP) is 5.60. The van der Waals surface area contributed by atoms with E-state index in [-0.39, 0.29) is 23.5 Å². The molecule has 0 aliphatic heterocycles. The SMILES string of the molecule is C/C=C/c1ccc(-c2nc3ccc([N+](=O)[O-])cc3nc2C(=O)OCc2ccccc2)cc1. The van der Waals surface area contributed by atoms with Crippen molar-refractivity contribution in [2.24, 2.45) is 0 Å². The van der Waals surface area contributed by atoms with Crippen LogP contribution in [0.15, 0.2) is 78.9 Å². The maximum Gasteiger partial charge on any atom is 0.359 e. The summed E-state index contributed by atoms with van der Waals surface area (Å²) in [7, 11) is 0. The molecule has 0 N–H and O–H groups in total. The van der Waals surface area contributed by atoms with Crippen molar-refractivity contribution >= 4 is 28.8 Å². The Morgan fingerprint density at radius 2 is 1.75 bits per heavy atom. The number of hydrogen-bond acceptors (Lipinski definition) is 6. The summed E-state index contributed by atoms with van der Waals surface area (Å²) in [6.45, 7) is 2.01. The van der Waals surface area contributed by atoms with Gasteiger partial charge in [0.1, 0.15) is 12.3 Å². The molecular formula is C25H19N3O4. The molecule has 0 saturated carbocycles. The molecule has 0 unspecified atom stereocenters. The van der Waals surface area contributed by atoms with Crippen molar-refractivity contribution in [2.75, 3.05) is 0 Å². The number of fused-ring (bicyclic) bond motifs is 1. The van der Waals surface area contributed by atoms with Gasteiger partial charge in [0, 0.05) is 17.7 Å². The Morgan fingerprint density at radius 3 is 2.44 bits per heavy atom. The van der Waals surface area contributed by atoms with Gasteiger partial charge in [-0.2, -0.15) is 0 Å². The first-order chi connectivity index (χ1) is 15.5. The molecule has 158 valence electrons. The van der Waals surface area contributed by atoms with Crippen LogP contribution in [0.1, 0.15) is 28.5 Å². The smallest absolute Gasteiger partial charge is 0.359 e. The second-order valence-corrected chi connectivity index (χ2v) is 7.03. The third-order valence-electron chi connectivity index (χ3n) is 4.81. The van der Waals surface area contributed by atoms with E-state index in [9.17, 15) is 14.9 Å². The summed E-state index contributed by atoms with van der Waals surface area (Å²) < 4.78 is 5.48. The number of allylic oxidation sites excluding steroid dienone is 1. The van der Waals surface area contributed by atoms with E-state index in [1.54, 1.807) is 0 Å². The molecule has 7 nitrogen and oxygen atoms in total. The molecule has 0 amide bonds. The van der Waals surface area contributed by atoms with E-state index in [0.717, 1.165) is 11.1 Å². The number of nitro groups is 1. The van der Waals surface area contributed by atoms with E-state index in [1.807, 2.05) is 73.7 Å². The lowest BCUT2D eigenvalue weighted by molar-refractivity contribution is -0.384. The van der Waals surface area contributed by atoms with Gasteiger partial charge in [0.15, 0.2) is 5.69 Å². The summed E-state index contributed by atoms with van der Waals surface area (Å²) in [5, 5.41) is 11.2.